The summed E-state index contributed by atoms with van der Waals surface area (Å²) in [5, 5.41) is 0. The number of allylic oxidation sites excluding steroid dienone is 2. The molecule has 0 aromatic heterocycles. The van der Waals surface area contributed by atoms with Crippen LogP contribution in [0.15, 0.2) is 84.5 Å². The summed E-state index contributed by atoms with van der Waals surface area (Å²) in [4.78, 5) is 66.9. The first kappa shape index (κ1) is 32.6. The molecule has 8 nitrogen and oxygen atoms in total. The largest absolute Gasteiger partial charge is 0.458 e. The average Bonchev–Trinajstić information content (AvgIpc) is 3.24. The van der Waals surface area contributed by atoms with Gasteiger partial charge in [-0.25, -0.2) is 9.59 Å². The van der Waals surface area contributed by atoms with Crippen molar-refractivity contribution in [3.8, 4) is 0 Å². The van der Waals surface area contributed by atoms with Gasteiger partial charge in [0.05, 0.1) is 17.0 Å². The van der Waals surface area contributed by atoms with E-state index < -0.39 is 53.0 Å². The van der Waals surface area contributed by atoms with Crippen LogP contribution in [0, 0.1) is 23.2 Å². The Hall–Kier alpha value is -4.33. The summed E-state index contributed by atoms with van der Waals surface area (Å²) in [5.41, 5.74) is -1.51. The highest BCUT2D eigenvalue weighted by Gasteiger charge is 2.60. The molecule has 44 heavy (non-hydrogen) atoms. The van der Waals surface area contributed by atoms with Gasteiger partial charge >= 0.3 is 17.9 Å². The summed E-state index contributed by atoms with van der Waals surface area (Å²) < 4.78 is 17.9. The molecule has 2 aliphatic carbocycles. The molecular formula is C36H40O8. The van der Waals surface area contributed by atoms with Crippen LogP contribution >= 0.6 is 0 Å². The van der Waals surface area contributed by atoms with E-state index in [0.717, 1.165) is 0 Å². The lowest BCUT2D eigenvalue weighted by molar-refractivity contribution is -0.171. The van der Waals surface area contributed by atoms with Gasteiger partial charge < -0.3 is 14.2 Å². The zero-order chi connectivity index (χ0) is 32.2. The number of carbonyl (C=O) groups is 5. The van der Waals surface area contributed by atoms with Crippen LogP contribution in [0.2, 0.25) is 0 Å². The molecule has 4 rings (SSSR count). The van der Waals surface area contributed by atoms with Crippen molar-refractivity contribution in [1.82, 2.24) is 0 Å². The molecule has 0 N–H and O–H groups in total. The third kappa shape index (κ3) is 6.90. The predicted octanol–water partition coefficient (Wildman–Crippen LogP) is 6.10. The second-order valence-corrected chi connectivity index (χ2v) is 12.5. The molecule has 0 aliphatic heterocycles. The zero-order valence-corrected chi connectivity index (χ0v) is 26.1. The fraction of sp³-hybridized carbons (Fsp3) is 0.417. The molecule has 0 radical (unpaired) electrons. The highest BCUT2D eigenvalue weighted by molar-refractivity contribution is 5.95. The van der Waals surface area contributed by atoms with Crippen molar-refractivity contribution in [2.24, 2.45) is 23.2 Å². The van der Waals surface area contributed by atoms with Crippen LogP contribution in [-0.2, 0) is 28.6 Å². The molecule has 1 fully saturated rings. The van der Waals surface area contributed by atoms with E-state index in [-0.39, 0.29) is 30.3 Å². The minimum Gasteiger partial charge on any atom is -0.458 e. The van der Waals surface area contributed by atoms with E-state index in [1.807, 2.05) is 6.92 Å². The van der Waals surface area contributed by atoms with E-state index in [1.165, 1.54) is 6.92 Å². The summed E-state index contributed by atoms with van der Waals surface area (Å²) >= 11 is 0. The van der Waals surface area contributed by atoms with Crippen molar-refractivity contribution in [2.75, 3.05) is 0 Å². The van der Waals surface area contributed by atoms with Crippen LogP contribution in [-0.4, -0.2) is 47.3 Å². The number of rotatable bonds is 5. The third-order valence-electron chi connectivity index (χ3n) is 8.59. The Morgan fingerprint density at radius 2 is 1.39 bits per heavy atom. The van der Waals surface area contributed by atoms with Gasteiger partial charge in [-0.05, 0) is 56.5 Å². The third-order valence-corrected chi connectivity index (χ3v) is 8.59. The monoisotopic (exact) mass is 600 g/mol. The van der Waals surface area contributed by atoms with Gasteiger partial charge in [0.1, 0.15) is 18.0 Å². The molecule has 0 bridgehead atoms. The molecule has 0 saturated heterocycles. The van der Waals surface area contributed by atoms with Crippen molar-refractivity contribution < 1.29 is 38.2 Å². The fourth-order valence-corrected chi connectivity index (χ4v) is 6.06. The van der Waals surface area contributed by atoms with Crippen LogP contribution in [0.4, 0.5) is 0 Å². The molecule has 2 aliphatic rings. The number of Topliss-reactive ketones (excluding diaryl/α,β-unsaturated/α-hetero) is 2. The molecule has 0 spiro atoms. The fourth-order valence-electron chi connectivity index (χ4n) is 6.06. The van der Waals surface area contributed by atoms with E-state index in [2.05, 4.69) is 0 Å². The van der Waals surface area contributed by atoms with Crippen LogP contribution in [0.25, 0.3) is 0 Å². The summed E-state index contributed by atoms with van der Waals surface area (Å²) in [7, 11) is 0. The lowest BCUT2D eigenvalue weighted by Crippen LogP contribution is -2.50. The van der Waals surface area contributed by atoms with E-state index in [1.54, 1.807) is 107 Å². The molecule has 6 atom stereocenters. The van der Waals surface area contributed by atoms with Gasteiger partial charge in [-0.2, -0.15) is 0 Å². The highest BCUT2D eigenvalue weighted by atomic mass is 16.6. The lowest BCUT2D eigenvalue weighted by atomic mass is 9.76. The first-order valence-corrected chi connectivity index (χ1v) is 14.9. The van der Waals surface area contributed by atoms with Gasteiger partial charge in [0.2, 0.25) is 0 Å². The minimum absolute atomic E-state index is 0.113. The molecule has 0 heterocycles. The molecule has 2 aromatic carbocycles. The topological polar surface area (TPSA) is 113 Å². The van der Waals surface area contributed by atoms with Gasteiger partial charge in [0.25, 0.3) is 0 Å². The van der Waals surface area contributed by atoms with Gasteiger partial charge in [-0.1, -0.05) is 68.5 Å². The first-order valence-electron chi connectivity index (χ1n) is 14.9. The predicted molar refractivity (Wildman–Crippen MR) is 164 cm³/mol. The molecule has 232 valence electrons. The highest BCUT2D eigenvalue weighted by Crippen LogP contribution is 2.48. The van der Waals surface area contributed by atoms with Gasteiger partial charge in [-0.15, -0.1) is 0 Å². The lowest BCUT2D eigenvalue weighted by Gasteiger charge is -2.36. The molecule has 2 aromatic rings. The van der Waals surface area contributed by atoms with Crippen molar-refractivity contribution in [2.45, 2.75) is 72.2 Å². The molecule has 6 unspecified atom stereocenters. The SMILES string of the molecule is CC(=O)OC12CC(C)C(OC(=O)c3ccccc3)C1C=C(C)C(OC(=O)c1ccccc1)CC(=O)C(C)(C)C=CC(C)C2=O. The zero-order valence-electron chi connectivity index (χ0n) is 26.1. The number of carbonyl (C=O) groups excluding carboxylic acids is 5. The van der Waals surface area contributed by atoms with Crippen LogP contribution in [0.5, 0.6) is 0 Å². The van der Waals surface area contributed by atoms with Crippen LogP contribution in [0.1, 0.15) is 75.1 Å². The van der Waals surface area contributed by atoms with Gasteiger partial charge in [0, 0.05) is 31.1 Å². The van der Waals surface area contributed by atoms with Crippen molar-refractivity contribution in [3.63, 3.8) is 0 Å². The normalized spacial score (nSPS) is 28.5. The molecule has 0 amide bonds. The molecule has 1 saturated carbocycles. The van der Waals surface area contributed by atoms with Gasteiger partial charge in [0.15, 0.2) is 11.4 Å². The van der Waals surface area contributed by atoms with Gasteiger partial charge in [-0.3, -0.25) is 14.4 Å². The minimum atomic E-state index is -1.67. The smallest absolute Gasteiger partial charge is 0.338 e. The van der Waals surface area contributed by atoms with E-state index >= 15 is 0 Å². The number of hydrogen-bond acceptors (Lipinski definition) is 8. The Morgan fingerprint density at radius 1 is 0.841 bits per heavy atom. The summed E-state index contributed by atoms with van der Waals surface area (Å²) in [6.07, 6.45) is 3.15. The second-order valence-electron chi connectivity index (χ2n) is 12.5. The summed E-state index contributed by atoms with van der Waals surface area (Å²) in [6.45, 7) is 9.97. The number of esters is 3. The first-order chi connectivity index (χ1) is 20.7. The Morgan fingerprint density at radius 3 is 1.93 bits per heavy atom. The van der Waals surface area contributed by atoms with Crippen molar-refractivity contribution in [3.05, 3.63) is 95.6 Å². The Bertz CT molecular complexity index is 1470. The maximum atomic E-state index is 14.3. The van der Waals surface area contributed by atoms with Crippen LogP contribution < -0.4 is 0 Å². The number of benzene rings is 2. The Kier molecular flexibility index (Phi) is 9.72. The van der Waals surface area contributed by atoms with Crippen molar-refractivity contribution >= 4 is 29.5 Å². The number of ketones is 2. The molecule has 8 heteroatoms. The number of ether oxygens (including phenoxy) is 3. The number of fused-ring (bicyclic) bond motifs is 1. The van der Waals surface area contributed by atoms with E-state index in [0.29, 0.717) is 16.7 Å². The maximum absolute atomic E-state index is 14.3. The van der Waals surface area contributed by atoms with E-state index in [4.69, 9.17) is 14.2 Å². The van der Waals surface area contributed by atoms with Crippen molar-refractivity contribution in [1.29, 1.82) is 0 Å². The molecular weight excluding hydrogens is 560 g/mol. The quantitative estimate of drug-likeness (QED) is 0.230. The standard InChI is InChI=1S/C36H40O8/c1-22-17-18-35(5,6)30(38)20-29(42-33(40)26-13-9-7-10-14-26)23(2)19-28-31(43-34(41)27-15-11-8-12-16-27)24(3)21-36(28,32(22)39)44-25(4)37/h7-19,22,24,28-29,31H,20-21H2,1-6H3. The summed E-state index contributed by atoms with van der Waals surface area (Å²) in [6, 6.07) is 16.9. The Labute approximate surface area is 258 Å². The second kappa shape index (κ2) is 13.1. The Balaban J connectivity index is 1.86. The average molecular weight is 601 g/mol. The van der Waals surface area contributed by atoms with E-state index in [9.17, 15) is 24.0 Å². The summed E-state index contributed by atoms with van der Waals surface area (Å²) in [5.74, 6) is -4.43. The number of hydrogen-bond donors (Lipinski definition) is 0. The maximum Gasteiger partial charge on any atom is 0.338 e. The van der Waals surface area contributed by atoms with Crippen LogP contribution in [0.3, 0.4) is 0 Å².